The first kappa shape index (κ1) is 10.9. The average Bonchev–Trinajstić information content (AvgIpc) is 2.55. The first-order valence-corrected chi connectivity index (χ1v) is 6.26. The van der Waals surface area contributed by atoms with E-state index in [4.69, 9.17) is 0 Å². The predicted octanol–water partition coefficient (Wildman–Crippen LogP) is 1.15. The number of hydrogen-bond acceptors (Lipinski definition) is 2. The molecule has 2 unspecified atom stereocenters. The molecule has 2 fully saturated rings. The molecule has 1 amide bonds. The van der Waals surface area contributed by atoms with Gasteiger partial charge in [-0.3, -0.25) is 4.79 Å². The summed E-state index contributed by atoms with van der Waals surface area (Å²) in [4.78, 5) is 11.8. The maximum absolute atomic E-state index is 11.8. The molecule has 2 atom stereocenters. The van der Waals surface area contributed by atoms with E-state index in [0.29, 0.717) is 5.92 Å². The van der Waals surface area contributed by atoms with Crippen molar-refractivity contribution >= 4 is 5.91 Å². The Hall–Kier alpha value is -0.570. The molecule has 0 aromatic carbocycles. The van der Waals surface area contributed by atoms with Gasteiger partial charge in [0.2, 0.25) is 5.91 Å². The summed E-state index contributed by atoms with van der Waals surface area (Å²) in [7, 11) is 0. The summed E-state index contributed by atoms with van der Waals surface area (Å²) in [5, 5.41) is 6.34. The topological polar surface area (TPSA) is 41.1 Å². The Kier molecular flexibility index (Phi) is 3.62. The van der Waals surface area contributed by atoms with Crippen molar-refractivity contribution in [1.29, 1.82) is 0 Å². The van der Waals surface area contributed by atoms with E-state index in [1.807, 2.05) is 0 Å². The molecule has 1 aliphatic carbocycles. The van der Waals surface area contributed by atoms with E-state index >= 15 is 0 Å². The summed E-state index contributed by atoms with van der Waals surface area (Å²) in [5.41, 5.74) is 0. The fraction of sp³-hybridized carbons (Fsp3) is 0.917. The van der Waals surface area contributed by atoms with Gasteiger partial charge in [0.05, 0.1) is 5.92 Å². The van der Waals surface area contributed by atoms with E-state index in [1.165, 1.54) is 25.7 Å². The molecule has 0 spiro atoms. The van der Waals surface area contributed by atoms with Crippen LogP contribution < -0.4 is 10.6 Å². The van der Waals surface area contributed by atoms with Gasteiger partial charge in [-0.15, -0.1) is 0 Å². The summed E-state index contributed by atoms with van der Waals surface area (Å²) in [5.74, 6) is 1.84. The lowest BCUT2D eigenvalue weighted by molar-refractivity contribution is -0.125. The van der Waals surface area contributed by atoms with Crippen LogP contribution in [0.15, 0.2) is 0 Å². The molecule has 0 aromatic heterocycles. The normalized spacial score (nSPS) is 31.3. The highest BCUT2D eigenvalue weighted by Crippen LogP contribution is 2.28. The number of amides is 1. The van der Waals surface area contributed by atoms with E-state index in [-0.39, 0.29) is 11.8 Å². The maximum atomic E-state index is 11.8. The monoisotopic (exact) mass is 210 g/mol. The van der Waals surface area contributed by atoms with Gasteiger partial charge in [0.15, 0.2) is 0 Å². The van der Waals surface area contributed by atoms with Crippen molar-refractivity contribution in [3.8, 4) is 0 Å². The van der Waals surface area contributed by atoms with Gasteiger partial charge in [0, 0.05) is 13.1 Å². The number of rotatable bonds is 4. The van der Waals surface area contributed by atoms with Gasteiger partial charge in [-0.25, -0.2) is 0 Å². The zero-order chi connectivity index (χ0) is 10.7. The largest absolute Gasteiger partial charge is 0.356 e. The molecule has 2 N–H and O–H groups in total. The van der Waals surface area contributed by atoms with Gasteiger partial charge in [-0.05, 0) is 24.8 Å². The van der Waals surface area contributed by atoms with Crippen LogP contribution >= 0.6 is 0 Å². The van der Waals surface area contributed by atoms with Crippen LogP contribution in [0.2, 0.25) is 0 Å². The fourth-order valence-electron chi connectivity index (χ4n) is 2.47. The van der Waals surface area contributed by atoms with E-state index in [0.717, 1.165) is 25.6 Å². The van der Waals surface area contributed by atoms with Crippen molar-refractivity contribution in [3.63, 3.8) is 0 Å². The Balaban J connectivity index is 1.63. The second kappa shape index (κ2) is 4.97. The van der Waals surface area contributed by atoms with Crippen molar-refractivity contribution in [3.05, 3.63) is 0 Å². The van der Waals surface area contributed by atoms with Crippen molar-refractivity contribution in [1.82, 2.24) is 10.6 Å². The summed E-state index contributed by atoms with van der Waals surface area (Å²) < 4.78 is 0. The number of carbonyl (C=O) groups is 1. The fourth-order valence-corrected chi connectivity index (χ4v) is 2.47. The molecule has 15 heavy (non-hydrogen) atoms. The smallest absolute Gasteiger partial charge is 0.224 e. The highest BCUT2D eigenvalue weighted by molar-refractivity contribution is 5.79. The minimum atomic E-state index is 0.200. The van der Waals surface area contributed by atoms with Crippen LogP contribution in [0.1, 0.15) is 32.6 Å². The van der Waals surface area contributed by atoms with Gasteiger partial charge in [0.1, 0.15) is 0 Å². The molecule has 0 bridgehead atoms. The number of carbonyl (C=O) groups excluding carboxylic acids is 1. The summed E-state index contributed by atoms with van der Waals surface area (Å²) in [6, 6.07) is 0. The molecule has 1 aliphatic heterocycles. The molecule has 0 radical (unpaired) electrons. The van der Waals surface area contributed by atoms with E-state index in [1.54, 1.807) is 0 Å². The van der Waals surface area contributed by atoms with Gasteiger partial charge in [0.25, 0.3) is 0 Å². The first-order valence-electron chi connectivity index (χ1n) is 6.26. The van der Waals surface area contributed by atoms with E-state index in [2.05, 4.69) is 17.6 Å². The quantitative estimate of drug-likeness (QED) is 0.731. The molecular formula is C12H22N2O. The molecule has 1 saturated heterocycles. The second-order valence-electron chi connectivity index (χ2n) is 5.12. The molecule has 0 aromatic rings. The molecule has 1 heterocycles. The van der Waals surface area contributed by atoms with Crippen LogP contribution in [0.3, 0.4) is 0 Å². The van der Waals surface area contributed by atoms with Gasteiger partial charge < -0.3 is 10.6 Å². The second-order valence-corrected chi connectivity index (χ2v) is 5.12. The zero-order valence-electron chi connectivity index (χ0n) is 9.59. The Morgan fingerprint density at radius 2 is 2.20 bits per heavy atom. The van der Waals surface area contributed by atoms with Gasteiger partial charge in [-0.2, -0.15) is 0 Å². The molecule has 3 nitrogen and oxygen atoms in total. The summed E-state index contributed by atoms with van der Waals surface area (Å²) in [6.45, 7) is 4.88. The van der Waals surface area contributed by atoms with E-state index < -0.39 is 0 Å². The molecule has 2 aliphatic rings. The Morgan fingerprint density at radius 3 is 2.73 bits per heavy atom. The number of hydrogen-bond donors (Lipinski definition) is 2. The molecule has 3 heteroatoms. The Morgan fingerprint density at radius 1 is 1.40 bits per heavy atom. The van der Waals surface area contributed by atoms with Crippen LogP contribution in [0, 0.1) is 17.8 Å². The molecular weight excluding hydrogens is 188 g/mol. The van der Waals surface area contributed by atoms with Gasteiger partial charge in [-0.1, -0.05) is 26.2 Å². The minimum Gasteiger partial charge on any atom is -0.356 e. The highest BCUT2D eigenvalue weighted by atomic mass is 16.1. The Bertz CT molecular complexity index is 226. The van der Waals surface area contributed by atoms with Crippen LogP contribution in [-0.2, 0) is 4.79 Å². The van der Waals surface area contributed by atoms with Crippen LogP contribution in [0.25, 0.3) is 0 Å². The van der Waals surface area contributed by atoms with Crippen LogP contribution in [-0.4, -0.2) is 25.5 Å². The Labute approximate surface area is 92.0 Å². The van der Waals surface area contributed by atoms with E-state index in [9.17, 15) is 4.79 Å². The SMILES string of the molecule is CC1CNCC1C(=O)NCCC1CCC1. The maximum Gasteiger partial charge on any atom is 0.224 e. The van der Waals surface area contributed by atoms with Gasteiger partial charge >= 0.3 is 0 Å². The third-order valence-corrected chi connectivity index (χ3v) is 3.93. The van der Waals surface area contributed by atoms with Crippen molar-refractivity contribution in [2.24, 2.45) is 17.8 Å². The molecule has 86 valence electrons. The van der Waals surface area contributed by atoms with Crippen LogP contribution in [0.4, 0.5) is 0 Å². The molecule has 2 rings (SSSR count). The third-order valence-electron chi connectivity index (χ3n) is 3.93. The van der Waals surface area contributed by atoms with Crippen molar-refractivity contribution < 1.29 is 4.79 Å². The van der Waals surface area contributed by atoms with Crippen molar-refractivity contribution in [2.75, 3.05) is 19.6 Å². The summed E-state index contributed by atoms with van der Waals surface area (Å²) >= 11 is 0. The lowest BCUT2D eigenvalue weighted by Gasteiger charge is -2.25. The number of nitrogens with one attached hydrogen (secondary N) is 2. The average molecular weight is 210 g/mol. The van der Waals surface area contributed by atoms with Crippen LogP contribution in [0.5, 0.6) is 0 Å². The lowest BCUT2D eigenvalue weighted by Crippen LogP contribution is -2.35. The standard InChI is InChI=1S/C12H22N2O/c1-9-7-13-8-11(9)12(15)14-6-5-10-3-2-4-10/h9-11,13H,2-8H2,1H3,(H,14,15). The first-order chi connectivity index (χ1) is 7.27. The highest BCUT2D eigenvalue weighted by Gasteiger charge is 2.29. The molecule has 1 saturated carbocycles. The third kappa shape index (κ3) is 2.71. The minimum absolute atomic E-state index is 0.200. The lowest BCUT2D eigenvalue weighted by atomic mass is 9.83. The predicted molar refractivity (Wildman–Crippen MR) is 60.5 cm³/mol. The zero-order valence-corrected chi connectivity index (χ0v) is 9.59. The van der Waals surface area contributed by atoms with Crippen molar-refractivity contribution in [2.45, 2.75) is 32.6 Å². The summed E-state index contributed by atoms with van der Waals surface area (Å²) in [6.07, 6.45) is 5.32.